The van der Waals surface area contributed by atoms with E-state index in [4.69, 9.17) is 21.7 Å². The maximum absolute atomic E-state index is 9.62. The molecule has 0 aliphatic heterocycles. The van der Waals surface area contributed by atoms with Gasteiger partial charge in [-0.25, -0.2) is 9.59 Å². The molecule has 0 heterocycles. The quantitative estimate of drug-likeness (QED) is 0.420. The van der Waals surface area contributed by atoms with Gasteiger partial charge in [0.25, 0.3) is 0 Å². The third-order valence-electron chi connectivity index (χ3n) is 0.916. The summed E-state index contributed by atoms with van der Waals surface area (Å²) in [5.74, 6) is -1.89. The van der Waals surface area contributed by atoms with Gasteiger partial charge in [0.15, 0.2) is 0 Å². The first-order valence-corrected chi connectivity index (χ1v) is 4.90. The fourth-order valence-electron chi connectivity index (χ4n) is 0.301. The topological polar surface area (TPSA) is 127 Å². The Kier molecular flexibility index (Phi) is 23.8. The van der Waals surface area contributed by atoms with E-state index >= 15 is 0 Å². The lowest BCUT2D eigenvalue weighted by atomic mass is 10.5. The molecule has 6 nitrogen and oxygen atoms in total. The predicted octanol–water partition coefficient (Wildman–Crippen LogP) is 0.530. The Hall–Kier alpha value is -2.18. The van der Waals surface area contributed by atoms with Crippen LogP contribution in [-0.4, -0.2) is 35.2 Å². The predicted molar refractivity (Wildman–Crippen MR) is 72.1 cm³/mol. The van der Waals surface area contributed by atoms with Crippen LogP contribution in [0, 0.1) is 0 Å². The van der Waals surface area contributed by atoms with Gasteiger partial charge in [0.1, 0.15) is 0 Å². The summed E-state index contributed by atoms with van der Waals surface area (Å²) in [5.41, 5.74) is 9.81. The Morgan fingerprint density at radius 2 is 1.17 bits per heavy atom. The van der Waals surface area contributed by atoms with Crippen molar-refractivity contribution in [3.05, 3.63) is 49.6 Å². The molecule has 0 rings (SSSR count). The molecule has 6 heteroatoms. The molecule has 6 N–H and O–H groups in total. The summed E-state index contributed by atoms with van der Waals surface area (Å²) >= 11 is 0. The molecule has 0 radical (unpaired) electrons. The maximum Gasteiger partial charge on any atom is 0.328 e. The SMILES string of the molecule is C=CC=CC(=O)O.C=CC=CC(=O)O.NCCN. The van der Waals surface area contributed by atoms with Crippen LogP contribution in [0.5, 0.6) is 0 Å². The standard InChI is InChI=1S/2C5H6O2.C2H8N2/c2*1-2-3-4-5(6)7;3-1-2-4/h2*2-4H,1H2,(H,6,7);1-4H2. The second-order valence-electron chi connectivity index (χ2n) is 2.44. The molecule has 0 aromatic carbocycles. The van der Waals surface area contributed by atoms with Gasteiger partial charge in [-0.2, -0.15) is 0 Å². The van der Waals surface area contributed by atoms with Crippen LogP contribution in [0.2, 0.25) is 0 Å². The van der Waals surface area contributed by atoms with Crippen molar-refractivity contribution in [2.24, 2.45) is 11.5 Å². The molecule has 0 aliphatic carbocycles. The fraction of sp³-hybridized carbons (Fsp3) is 0.167. The normalized spacial score (nSPS) is 8.78. The molecule has 0 bridgehead atoms. The summed E-state index contributed by atoms with van der Waals surface area (Å²) < 4.78 is 0. The summed E-state index contributed by atoms with van der Waals surface area (Å²) in [6.07, 6.45) is 7.59. The van der Waals surface area contributed by atoms with Gasteiger partial charge in [0.2, 0.25) is 0 Å². The van der Waals surface area contributed by atoms with Gasteiger partial charge in [0, 0.05) is 25.2 Å². The van der Waals surface area contributed by atoms with Gasteiger partial charge in [0.05, 0.1) is 0 Å². The molecule has 102 valence electrons. The van der Waals surface area contributed by atoms with Crippen LogP contribution in [-0.2, 0) is 9.59 Å². The number of rotatable bonds is 5. The molecule has 0 atom stereocenters. The molecule has 0 saturated carbocycles. The summed E-state index contributed by atoms with van der Waals surface area (Å²) in [6.45, 7) is 7.76. The zero-order valence-electron chi connectivity index (χ0n) is 10.2. The molecule has 0 unspecified atom stereocenters. The summed E-state index contributed by atoms with van der Waals surface area (Å²) in [7, 11) is 0. The van der Waals surface area contributed by atoms with E-state index in [1.807, 2.05) is 0 Å². The highest BCUT2D eigenvalue weighted by Gasteiger charge is 1.78. The molecule has 0 saturated heterocycles. The Balaban J connectivity index is -0.000000196. The van der Waals surface area contributed by atoms with Crippen LogP contribution in [0.4, 0.5) is 0 Å². The van der Waals surface area contributed by atoms with Gasteiger partial charge < -0.3 is 21.7 Å². The Morgan fingerprint density at radius 1 is 0.889 bits per heavy atom. The minimum atomic E-state index is -0.945. The second-order valence-corrected chi connectivity index (χ2v) is 2.44. The Bertz CT molecular complexity index is 266. The molecule has 0 fully saturated rings. The van der Waals surface area contributed by atoms with Gasteiger partial charge >= 0.3 is 11.9 Å². The Labute approximate surface area is 107 Å². The first-order chi connectivity index (χ1) is 8.45. The van der Waals surface area contributed by atoms with E-state index in [-0.39, 0.29) is 0 Å². The van der Waals surface area contributed by atoms with E-state index in [1.165, 1.54) is 24.3 Å². The van der Waals surface area contributed by atoms with Crippen LogP contribution in [0.15, 0.2) is 49.6 Å². The van der Waals surface area contributed by atoms with E-state index in [0.29, 0.717) is 13.1 Å². The average Bonchev–Trinajstić information content (AvgIpc) is 2.34. The number of aliphatic carboxylic acids is 2. The molecule has 0 spiro atoms. The van der Waals surface area contributed by atoms with Crippen molar-refractivity contribution in [3.63, 3.8) is 0 Å². The molecule has 18 heavy (non-hydrogen) atoms. The molecular weight excluding hydrogens is 236 g/mol. The van der Waals surface area contributed by atoms with E-state index in [1.54, 1.807) is 0 Å². The lowest BCUT2D eigenvalue weighted by Gasteiger charge is -1.72. The van der Waals surface area contributed by atoms with Crippen LogP contribution in [0.3, 0.4) is 0 Å². The number of carbonyl (C=O) groups is 2. The van der Waals surface area contributed by atoms with Crippen LogP contribution in [0.25, 0.3) is 0 Å². The largest absolute Gasteiger partial charge is 0.478 e. The summed E-state index contributed by atoms with van der Waals surface area (Å²) in [4.78, 5) is 19.2. The van der Waals surface area contributed by atoms with Gasteiger partial charge in [-0.05, 0) is 0 Å². The molecule has 0 aromatic heterocycles. The number of nitrogens with two attached hydrogens (primary N) is 2. The number of hydrogen-bond acceptors (Lipinski definition) is 4. The number of carboxylic acid groups (broad SMARTS) is 2. The smallest absolute Gasteiger partial charge is 0.328 e. The van der Waals surface area contributed by atoms with Crippen LogP contribution < -0.4 is 11.5 Å². The highest BCUT2D eigenvalue weighted by molar-refractivity contribution is 5.80. The van der Waals surface area contributed by atoms with E-state index in [0.717, 1.165) is 12.2 Å². The number of carboxylic acids is 2. The molecular formula is C12H20N2O4. The second kappa shape index (κ2) is 20.3. The monoisotopic (exact) mass is 256 g/mol. The summed E-state index contributed by atoms with van der Waals surface area (Å²) in [5, 5.41) is 15.8. The van der Waals surface area contributed by atoms with Crippen molar-refractivity contribution >= 4 is 11.9 Å². The lowest BCUT2D eigenvalue weighted by Crippen LogP contribution is -2.11. The number of allylic oxidation sites excluding steroid dienone is 4. The molecule has 0 aliphatic rings. The minimum Gasteiger partial charge on any atom is -0.478 e. The number of hydrogen-bond donors (Lipinski definition) is 4. The lowest BCUT2D eigenvalue weighted by molar-refractivity contribution is -0.132. The van der Waals surface area contributed by atoms with E-state index < -0.39 is 11.9 Å². The molecule has 0 amide bonds. The highest BCUT2D eigenvalue weighted by atomic mass is 16.4. The third-order valence-corrected chi connectivity index (χ3v) is 0.916. The third kappa shape index (κ3) is 48.8. The first-order valence-electron chi connectivity index (χ1n) is 4.90. The fourth-order valence-corrected chi connectivity index (χ4v) is 0.301. The van der Waals surface area contributed by atoms with Gasteiger partial charge in [-0.15, -0.1) is 0 Å². The van der Waals surface area contributed by atoms with Crippen molar-refractivity contribution in [2.75, 3.05) is 13.1 Å². The molecule has 0 aromatic rings. The van der Waals surface area contributed by atoms with Gasteiger partial charge in [-0.1, -0.05) is 37.5 Å². The maximum atomic E-state index is 9.62. The minimum absolute atomic E-state index is 0.597. The highest BCUT2D eigenvalue weighted by Crippen LogP contribution is 1.70. The first kappa shape index (κ1) is 21.1. The van der Waals surface area contributed by atoms with Crippen molar-refractivity contribution in [1.82, 2.24) is 0 Å². The van der Waals surface area contributed by atoms with E-state index in [2.05, 4.69) is 13.2 Å². The van der Waals surface area contributed by atoms with Crippen LogP contribution in [0.1, 0.15) is 0 Å². The van der Waals surface area contributed by atoms with Crippen LogP contribution >= 0.6 is 0 Å². The average molecular weight is 256 g/mol. The van der Waals surface area contributed by atoms with E-state index in [9.17, 15) is 9.59 Å². The van der Waals surface area contributed by atoms with Gasteiger partial charge in [-0.3, -0.25) is 0 Å². The summed E-state index contributed by atoms with van der Waals surface area (Å²) in [6, 6.07) is 0. The van der Waals surface area contributed by atoms with Crippen molar-refractivity contribution in [2.45, 2.75) is 0 Å². The zero-order chi connectivity index (χ0) is 14.8. The Morgan fingerprint density at radius 3 is 1.22 bits per heavy atom. The van der Waals surface area contributed by atoms with Crippen molar-refractivity contribution in [3.8, 4) is 0 Å². The zero-order valence-corrected chi connectivity index (χ0v) is 10.2. The van der Waals surface area contributed by atoms with Crippen molar-refractivity contribution < 1.29 is 19.8 Å². The van der Waals surface area contributed by atoms with Crippen molar-refractivity contribution in [1.29, 1.82) is 0 Å².